The molecule has 0 saturated carbocycles. The smallest absolute Gasteiger partial charge is 0.306 e. The van der Waals surface area contributed by atoms with Gasteiger partial charge in [0.05, 0.1) is 0 Å². The summed E-state index contributed by atoms with van der Waals surface area (Å²) < 4.78 is 8.70. The highest BCUT2D eigenvalue weighted by Crippen LogP contribution is 2.32. The van der Waals surface area contributed by atoms with E-state index < -0.39 is 13.9 Å². The summed E-state index contributed by atoms with van der Waals surface area (Å²) in [6, 6.07) is 12.3. The monoisotopic (exact) mass is 277 g/mol. The minimum atomic E-state index is -2.87. The van der Waals surface area contributed by atoms with Crippen molar-refractivity contribution in [3.05, 3.63) is 53.6 Å². The van der Waals surface area contributed by atoms with E-state index in [0.29, 0.717) is 0 Å². The molecule has 0 aromatic heterocycles. The van der Waals surface area contributed by atoms with Crippen molar-refractivity contribution in [3.8, 4) is 0 Å². The van der Waals surface area contributed by atoms with Crippen molar-refractivity contribution >= 4 is 25.1 Å². The first kappa shape index (κ1) is 13.8. The fraction of sp³-hybridized carbons (Fsp3) is 0.0769. The van der Waals surface area contributed by atoms with Crippen molar-refractivity contribution in [2.45, 2.75) is 5.66 Å². The Morgan fingerprint density at radius 1 is 1.05 bits per heavy atom. The summed E-state index contributed by atoms with van der Waals surface area (Å²) in [7, 11) is -2.87. The number of hydrogen-bond acceptors (Lipinski definition) is 3. The molecule has 0 unspecified atom stereocenters. The van der Waals surface area contributed by atoms with Crippen LogP contribution in [-0.2, 0) is 10.2 Å². The summed E-state index contributed by atoms with van der Waals surface area (Å²) in [6.07, 6.45) is 3.85. The predicted octanol–water partition coefficient (Wildman–Crippen LogP) is 1.57. The topological polar surface area (TPSA) is 110 Å². The Morgan fingerprint density at radius 3 is 2.26 bits per heavy atom. The van der Waals surface area contributed by atoms with Gasteiger partial charge >= 0.3 is 8.25 Å². The first-order valence-corrected chi connectivity index (χ1v) is 6.72. The van der Waals surface area contributed by atoms with Crippen LogP contribution in [0.15, 0.2) is 42.5 Å². The molecule has 2 aromatic rings. The van der Waals surface area contributed by atoms with Crippen LogP contribution in [0.4, 0.5) is 0 Å². The Balaban J connectivity index is 0.000000297. The molecule has 6 N–H and O–H groups in total. The van der Waals surface area contributed by atoms with E-state index in [1.807, 2.05) is 30.4 Å². The maximum Gasteiger partial charge on any atom is 0.692 e. The molecule has 0 spiro atoms. The van der Waals surface area contributed by atoms with Crippen LogP contribution in [0.1, 0.15) is 11.1 Å². The summed E-state index contributed by atoms with van der Waals surface area (Å²) in [5.41, 5.74) is 13.4. The molecule has 0 radical (unpaired) electrons. The second kappa shape index (κ2) is 5.17. The average molecular weight is 277 g/mol. The maximum absolute atomic E-state index is 8.70. The van der Waals surface area contributed by atoms with Gasteiger partial charge in [0, 0.05) is 4.57 Å². The first-order valence-electron chi connectivity index (χ1n) is 5.56. The Hall–Kier alpha value is -1.62. The number of rotatable bonds is 0. The third-order valence-electron chi connectivity index (χ3n) is 2.94. The normalized spacial score (nSPS) is 14.7. The van der Waals surface area contributed by atoms with Gasteiger partial charge < -0.3 is 11.5 Å². The summed E-state index contributed by atoms with van der Waals surface area (Å²) in [6.45, 7) is 0. The van der Waals surface area contributed by atoms with E-state index in [-0.39, 0.29) is 0 Å². The fourth-order valence-electron chi connectivity index (χ4n) is 2.19. The van der Waals surface area contributed by atoms with E-state index in [1.165, 1.54) is 16.3 Å². The van der Waals surface area contributed by atoms with Gasteiger partial charge in [-0.3, -0.25) is 0 Å². The van der Waals surface area contributed by atoms with Crippen LogP contribution in [0, 0.1) is 0 Å². The molecule has 3 rings (SSSR count). The highest BCUT2D eigenvalue weighted by atomic mass is 31.1. The molecule has 5 nitrogen and oxygen atoms in total. The van der Waals surface area contributed by atoms with Gasteiger partial charge in [-0.2, -0.15) is 0 Å². The van der Waals surface area contributed by atoms with Crippen molar-refractivity contribution < 1.29 is 14.4 Å². The Kier molecular flexibility index (Phi) is 3.75. The molecular formula is C13H14N2O3P+. The van der Waals surface area contributed by atoms with Gasteiger partial charge in [0.15, 0.2) is 0 Å². The fourth-order valence-corrected chi connectivity index (χ4v) is 2.19. The van der Waals surface area contributed by atoms with Crippen molar-refractivity contribution in [1.29, 1.82) is 0 Å². The SMILES string of the molecule is NC1(N)C=Cc2cccc3cccc1c23.O=[P+](O)O. The molecule has 0 saturated heterocycles. The minimum Gasteiger partial charge on any atom is -0.306 e. The second-order valence-corrected chi connectivity index (χ2v) is 4.78. The summed E-state index contributed by atoms with van der Waals surface area (Å²) in [4.78, 5) is 14.2. The van der Waals surface area contributed by atoms with E-state index in [2.05, 4.69) is 18.2 Å². The lowest BCUT2D eigenvalue weighted by Gasteiger charge is -2.27. The van der Waals surface area contributed by atoms with Gasteiger partial charge in [-0.25, -0.2) is 0 Å². The highest BCUT2D eigenvalue weighted by molar-refractivity contribution is 7.30. The summed E-state index contributed by atoms with van der Waals surface area (Å²) in [5, 5.41) is 2.36. The molecule has 2 aromatic carbocycles. The molecule has 0 aliphatic heterocycles. The molecular weight excluding hydrogens is 263 g/mol. The lowest BCUT2D eigenvalue weighted by Crippen LogP contribution is -2.45. The summed E-state index contributed by atoms with van der Waals surface area (Å²) in [5.74, 6) is 0. The third kappa shape index (κ3) is 2.87. The van der Waals surface area contributed by atoms with Crippen LogP contribution in [-0.4, -0.2) is 9.79 Å². The van der Waals surface area contributed by atoms with E-state index >= 15 is 0 Å². The largest absolute Gasteiger partial charge is 0.692 e. The number of nitrogens with two attached hydrogens (primary N) is 2. The highest BCUT2D eigenvalue weighted by Gasteiger charge is 2.24. The molecule has 6 heteroatoms. The van der Waals surface area contributed by atoms with Gasteiger partial charge in [-0.1, -0.05) is 42.5 Å². The van der Waals surface area contributed by atoms with Gasteiger partial charge in [0.1, 0.15) is 5.66 Å². The van der Waals surface area contributed by atoms with Gasteiger partial charge in [0.2, 0.25) is 0 Å². The van der Waals surface area contributed by atoms with Crippen molar-refractivity contribution in [1.82, 2.24) is 0 Å². The van der Waals surface area contributed by atoms with Gasteiger partial charge in [-0.15, -0.1) is 9.79 Å². The first-order chi connectivity index (χ1) is 8.92. The van der Waals surface area contributed by atoms with Crippen LogP contribution in [0.5, 0.6) is 0 Å². The molecule has 0 heterocycles. The molecule has 1 aliphatic rings. The van der Waals surface area contributed by atoms with E-state index in [9.17, 15) is 0 Å². The third-order valence-corrected chi connectivity index (χ3v) is 2.94. The Labute approximate surface area is 111 Å². The average Bonchev–Trinajstić information content (AvgIpc) is 2.34. The molecule has 0 amide bonds. The van der Waals surface area contributed by atoms with Crippen LogP contribution in [0.25, 0.3) is 16.8 Å². The van der Waals surface area contributed by atoms with Crippen LogP contribution in [0.2, 0.25) is 0 Å². The van der Waals surface area contributed by atoms with Crippen molar-refractivity contribution in [3.63, 3.8) is 0 Å². The molecule has 0 bridgehead atoms. The lowest BCUT2D eigenvalue weighted by atomic mass is 9.87. The molecule has 0 atom stereocenters. The van der Waals surface area contributed by atoms with E-state index in [4.69, 9.17) is 25.8 Å². The van der Waals surface area contributed by atoms with Gasteiger partial charge in [0.25, 0.3) is 0 Å². The standard InChI is InChI=1S/C13H12N2.HO3P/c14-13(15)8-7-10-4-1-3-9-5-2-6-11(13)12(9)10;1-4(2)3/h1-8H,14-15H2;(H-,1,2,3)/p+1. The zero-order valence-corrected chi connectivity index (χ0v) is 10.9. The molecule has 1 aliphatic carbocycles. The number of benzene rings is 2. The summed E-state index contributed by atoms with van der Waals surface area (Å²) >= 11 is 0. The zero-order valence-electron chi connectivity index (χ0n) is 10.0. The van der Waals surface area contributed by atoms with Crippen molar-refractivity contribution in [2.24, 2.45) is 11.5 Å². The second-order valence-electron chi connectivity index (χ2n) is 4.27. The number of hydrogen-bond donors (Lipinski definition) is 4. The zero-order chi connectivity index (χ0) is 14.0. The predicted molar refractivity (Wildman–Crippen MR) is 75.1 cm³/mol. The Bertz CT molecular complexity index is 659. The van der Waals surface area contributed by atoms with Gasteiger partial charge in [-0.05, 0) is 28.0 Å². The van der Waals surface area contributed by atoms with Crippen LogP contribution >= 0.6 is 8.25 Å². The van der Waals surface area contributed by atoms with Crippen LogP contribution in [0.3, 0.4) is 0 Å². The Morgan fingerprint density at radius 2 is 1.63 bits per heavy atom. The quantitative estimate of drug-likeness (QED) is 0.431. The lowest BCUT2D eigenvalue weighted by molar-refractivity contribution is 0.405. The van der Waals surface area contributed by atoms with E-state index in [1.54, 1.807) is 0 Å². The molecule has 19 heavy (non-hydrogen) atoms. The van der Waals surface area contributed by atoms with Crippen LogP contribution < -0.4 is 11.5 Å². The van der Waals surface area contributed by atoms with E-state index in [0.717, 1.165) is 5.56 Å². The maximum atomic E-state index is 8.70. The minimum absolute atomic E-state index is 0.839. The molecule has 0 fully saturated rings. The van der Waals surface area contributed by atoms with Crippen molar-refractivity contribution in [2.75, 3.05) is 0 Å². The molecule has 98 valence electrons.